The number of aliphatic carboxylic acids is 2. The molecule has 8 heteroatoms. The van der Waals surface area contributed by atoms with Crippen LogP contribution in [0.25, 0.3) is 0 Å². The van der Waals surface area contributed by atoms with E-state index in [1.807, 2.05) is 0 Å². The molecule has 0 radical (unpaired) electrons. The van der Waals surface area contributed by atoms with Gasteiger partial charge in [-0.05, 0) is 0 Å². The fourth-order valence-corrected chi connectivity index (χ4v) is 1.23. The fourth-order valence-electron chi connectivity index (χ4n) is 0.481. The van der Waals surface area contributed by atoms with Gasteiger partial charge in [0.15, 0.2) is 5.92 Å². The number of rotatable bonds is 4. The number of hydrogen-bond donors (Lipinski definition) is 3. The number of hydrogen-bond acceptors (Lipinski definition) is 4. The van der Waals surface area contributed by atoms with E-state index in [0.717, 1.165) is 0 Å². The van der Waals surface area contributed by atoms with Gasteiger partial charge in [-0.25, -0.2) is 13.6 Å². The summed E-state index contributed by atoms with van der Waals surface area (Å²) >= 11 is 0. The first-order chi connectivity index (χ1) is 5.24. The van der Waals surface area contributed by atoms with Crippen LogP contribution in [-0.2, 0) is 19.6 Å². The van der Waals surface area contributed by atoms with Crippen LogP contribution in [0.2, 0.25) is 0 Å². The smallest absolute Gasteiger partial charge is 0.318 e. The topological polar surface area (TPSA) is 135 Å². The Morgan fingerprint density at radius 3 is 1.67 bits per heavy atom. The van der Waals surface area contributed by atoms with E-state index in [9.17, 15) is 18.0 Å². The third-order valence-corrected chi connectivity index (χ3v) is 1.79. The predicted octanol–water partition coefficient (Wildman–Crippen LogP) is -1.94. The highest BCUT2D eigenvalue weighted by Gasteiger charge is 2.29. The quantitative estimate of drug-likeness (QED) is 0.449. The summed E-state index contributed by atoms with van der Waals surface area (Å²) in [6.45, 7) is 0. The zero-order valence-corrected chi connectivity index (χ0v) is 6.61. The van der Waals surface area contributed by atoms with Crippen molar-refractivity contribution in [1.82, 2.24) is 0 Å². The predicted molar refractivity (Wildman–Crippen MR) is 36.7 cm³/mol. The van der Waals surface area contributed by atoms with Crippen LogP contribution < -0.4 is 5.14 Å². The molecule has 0 aliphatic heterocycles. The Hall–Kier alpha value is -1.15. The molecule has 12 heavy (non-hydrogen) atoms. The monoisotopic (exact) mass is 197 g/mol. The van der Waals surface area contributed by atoms with E-state index < -0.39 is 33.6 Å². The van der Waals surface area contributed by atoms with Crippen LogP contribution in [-0.4, -0.2) is 36.3 Å². The van der Waals surface area contributed by atoms with Gasteiger partial charge in [-0.1, -0.05) is 0 Å². The summed E-state index contributed by atoms with van der Waals surface area (Å²) in [6.07, 6.45) is 0. The molecule has 7 nitrogen and oxygen atoms in total. The summed E-state index contributed by atoms with van der Waals surface area (Å²) in [5.74, 6) is -6.55. The van der Waals surface area contributed by atoms with Gasteiger partial charge in [0.25, 0.3) is 0 Å². The van der Waals surface area contributed by atoms with Gasteiger partial charge in [-0.2, -0.15) is 0 Å². The van der Waals surface area contributed by atoms with Crippen molar-refractivity contribution in [2.75, 3.05) is 5.75 Å². The molecule has 0 aromatic rings. The van der Waals surface area contributed by atoms with Crippen LogP contribution in [0.5, 0.6) is 0 Å². The highest BCUT2D eigenvalue weighted by molar-refractivity contribution is 7.89. The van der Waals surface area contributed by atoms with Gasteiger partial charge in [-0.3, -0.25) is 9.59 Å². The summed E-state index contributed by atoms with van der Waals surface area (Å²) in [5, 5.41) is 20.9. The minimum Gasteiger partial charge on any atom is -0.481 e. The highest BCUT2D eigenvalue weighted by atomic mass is 32.2. The van der Waals surface area contributed by atoms with Gasteiger partial charge < -0.3 is 10.2 Å². The minimum atomic E-state index is -4.08. The Morgan fingerprint density at radius 2 is 1.58 bits per heavy atom. The Bertz CT molecular complexity index is 279. The first kappa shape index (κ1) is 10.8. The van der Waals surface area contributed by atoms with Crippen LogP contribution in [0.15, 0.2) is 0 Å². The maximum atomic E-state index is 10.3. The number of carbonyl (C=O) groups is 2. The lowest BCUT2D eigenvalue weighted by atomic mass is 10.2. The van der Waals surface area contributed by atoms with Crippen molar-refractivity contribution in [3.63, 3.8) is 0 Å². The van der Waals surface area contributed by atoms with Crippen molar-refractivity contribution in [3.05, 3.63) is 0 Å². The number of carboxylic acid groups (broad SMARTS) is 2. The average Bonchev–Trinajstić information content (AvgIpc) is 1.79. The zero-order valence-electron chi connectivity index (χ0n) is 5.80. The summed E-state index contributed by atoms with van der Waals surface area (Å²) in [4.78, 5) is 20.2. The molecule has 0 bridgehead atoms. The maximum Gasteiger partial charge on any atom is 0.318 e. The molecule has 0 aliphatic rings. The van der Waals surface area contributed by atoms with Crippen molar-refractivity contribution in [2.45, 2.75) is 0 Å². The summed E-state index contributed by atoms with van der Waals surface area (Å²) in [5.41, 5.74) is 0. The molecule has 70 valence electrons. The van der Waals surface area contributed by atoms with Gasteiger partial charge in [0.1, 0.15) is 0 Å². The van der Waals surface area contributed by atoms with E-state index in [1.165, 1.54) is 0 Å². The Labute approximate surface area is 67.8 Å². The van der Waals surface area contributed by atoms with Gasteiger partial charge in [0, 0.05) is 0 Å². The van der Waals surface area contributed by atoms with Crippen molar-refractivity contribution in [1.29, 1.82) is 0 Å². The summed E-state index contributed by atoms with van der Waals surface area (Å²) in [6, 6.07) is 0. The molecule has 0 spiro atoms. The lowest BCUT2D eigenvalue weighted by molar-refractivity contribution is -0.153. The van der Waals surface area contributed by atoms with Gasteiger partial charge >= 0.3 is 11.9 Å². The van der Waals surface area contributed by atoms with Crippen LogP contribution in [0.3, 0.4) is 0 Å². The van der Waals surface area contributed by atoms with Crippen LogP contribution in [0.1, 0.15) is 0 Å². The number of primary sulfonamides is 1. The van der Waals surface area contributed by atoms with Crippen LogP contribution in [0, 0.1) is 5.92 Å². The first-order valence-corrected chi connectivity index (χ1v) is 4.41. The standard InChI is InChI=1S/C4H7NO6S/c5-12(10,11)1-2(3(6)7)4(8)9/h2H,1H2,(H,6,7)(H,8,9)(H2,5,10,11). The van der Waals surface area contributed by atoms with E-state index in [2.05, 4.69) is 5.14 Å². The van der Waals surface area contributed by atoms with Crippen molar-refractivity contribution >= 4 is 22.0 Å². The second kappa shape index (κ2) is 3.50. The number of nitrogens with two attached hydrogens (primary N) is 1. The van der Waals surface area contributed by atoms with Crippen molar-refractivity contribution in [2.24, 2.45) is 11.1 Å². The number of carboxylic acids is 2. The normalized spacial score (nSPS) is 11.5. The van der Waals surface area contributed by atoms with Crippen molar-refractivity contribution < 1.29 is 28.2 Å². The fraction of sp³-hybridized carbons (Fsp3) is 0.500. The molecule has 0 saturated carbocycles. The molecular formula is C4H7NO6S. The largest absolute Gasteiger partial charge is 0.481 e. The molecule has 0 saturated heterocycles. The molecule has 0 unspecified atom stereocenters. The number of sulfonamides is 1. The van der Waals surface area contributed by atoms with Gasteiger partial charge in [0.05, 0.1) is 5.75 Å². The molecule has 0 aromatic carbocycles. The molecule has 0 heterocycles. The second-order valence-corrected chi connectivity index (χ2v) is 3.72. The summed E-state index contributed by atoms with van der Waals surface area (Å²) < 4.78 is 20.6. The SMILES string of the molecule is NS(=O)(=O)CC(C(=O)O)C(=O)O. The Kier molecular flexibility index (Phi) is 3.16. The van der Waals surface area contributed by atoms with E-state index >= 15 is 0 Å². The molecule has 0 aromatic heterocycles. The summed E-state index contributed by atoms with van der Waals surface area (Å²) in [7, 11) is -4.08. The van der Waals surface area contributed by atoms with E-state index in [4.69, 9.17) is 10.2 Å². The van der Waals surface area contributed by atoms with E-state index in [0.29, 0.717) is 0 Å². The molecule has 0 amide bonds. The molecule has 0 aliphatic carbocycles. The van der Waals surface area contributed by atoms with E-state index in [-0.39, 0.29) is 0 Å². The van der Waals surface area contributed by atoms with Crippen molar-refractivity contribution in [3.8, 4) is 0 Å². The molecule has 0 rings (SSSR count). The third-order valence-electron chi connectivity index (χ3n) is 0.995. The van der Waals surface area contributed by atoms with Gasteiger partial charge in [0.2, 0.25) is 10.0 Å². The Balaban J connectivity index is 4.58. The average molecular weight is 197 g/mol. The van der Waals surface area contributed by atoms with Gasteiger partial charge in [-0.15, -0.1) is 0 Å². The van der Waals surface area contributed by atoms with E-state index in [1.54, 1.807) is 0 Å². The van der Waals surface area contributed by atoms with Crippen LogP contribution >= 0.6 is 0 Å². The lowest BCUT2D eigenvalue weighted by Gasteiger charge is -2.03. The molecule has 0 atom stereocenters. The Morgan fingerprint density at radius 1 is 1.25 bits per heavy atom. The zero-order chi connectivity index (χ0) is 9.94. The maximum absolute atomic E-state index is 10.3. The third kappa shape index (κ3) is 3.88. The molecular weight excluding hydrogens is 190 g/mol. The first-order valence-electron chi connectivity index (χ1n) is 2.70. The minimum absolute atomic E-state index is 1.10. The highest BCUT2D eigenvalue weighted by Crippen LogP contribution is 1.99. The second-order valence-electron chi connectivity index (χ2n) is 2.06. The lowest BCUT2D eigenvalue weighted by Crippen LogP contribution is -2.33. The molecule has 4 N–H and O–H groups in total. The van der Waals surface area contributed by atoms with Crippen LogP contribution in [0.4, 0.5) is 0 Å². The molecule has 0 fully saturated rings.